The second-order valence-electron chi connectivity index (χ2n) is 8.80. The number of amides is 1. The molecule has 9 nitrogen and oxygen atoms in total. The first-order chi connectivity index (χ1) is 16.4. The van der Waals surface area contributed by atoms with E-state index in [9.17, 15) is 14.9 Å². The van der Waals surface area contributed by atoms with Crippen LogP contribution in [0, 0.1) is 10.1 Å². The van der Waals surface area contributed by atoms with Gasteiger partial charge in [-0.25, -0.2) is 0 Å². The quantitative estimate of drug-likeness (QED) is 0.351. The normalized spacial score (nSPS) is 14.1. The Kier molecular flexibility index (Phi) is 7.20. The van der Waals surface area contributed by atoms with Gasteiger partial charge in [-0.2, -0.15) is 4.98 Å². The highest BCUT2D eigenvalue weighted by molar-refractivity contribution is 5.95. The highest BCUT2D eigenvalue weighted by Crippen LogP contribution is 2.26. The summed E-state index contributed by atoms with van der Waals surface area (Å²) in [6.07, 6.45) is 5.56. The van der Waals surface area contributed by atoms with Crippen molar-refractivity contribution in [1.29, 1.82) is 0 Å². The van der Waals surface area contributed by atoms with Gasteiger partial charge in [-0.3, -0.25) is 14.9 Å². The average Bonchev–Trinajstić information content (AvgIpc) is 3.34. The van der Waals surface area contributed by atoms with Gasteiger partial charge in [-0.15, -0.1) is 0 Å². The summed E-state index contributed by atoms with van der Waals surface area (Å²) in [5.41, 5.74) is 2.18. The standard InChI is InChI=1S/C25H29N5O4/c1-28(2)20-13-11-18(12-14-20)24-26-23(34-27-24)15-16-29(21-8-4-3-5-9-21)25(31)19-7-6-10-22(17-19)30(32)33/h6-7,10-14,17,21H,3-5,8-9,15-16H2,1-2H3. The third-order valence-corrected chi connectivity index (χ3v) is 6.26. The van der Waals surface area contributed by atoms with Gasteiger partial charge < -0.3 is 14.3 Å². The van der Waals surface area contributed by atoms with Gasteiger partial charge in [0.2, 0.25) is 11.7 Å². The van der Waals surface area contributed by atoms with Crippen LogP contribution in [0.2, 0.25) is 0 Å². The van der Waals surface area contributed by atoms with E-state index in [1.54, 1.807) is 12.1 Å². The number of carbonyl (C=O) groups excluding carboxylic acids is 1. The first-order valence-electron chi connectivity index (χ1n) is 11.6. The molecule has 4 rings (SSSR count). The molecular formula is C25H29N5O4. The summed E-state index contributed by atoms with van der Waals surface area (Å²) >= 11 is 0. The molecule has 0 unspecified atom stereocenters. The first-order valence-corrected chi connectivity index (χ1v) is 11.6. The van der Waals surface area contributed by atoms with E-state index in [2.05, 4.69) is 10.1 Å². The van der Waals surface area contributed by atoms with Crippen molar-refractivity contribution in [2.75, 3.05) is 25.5 Å². The smallest absolute Gasteiger partial charge is 0.270 e. The van der Waals surface area contributed by atoms with Crippen LogP contribution in [0.1, 0.15) is 48.4 Å². The van der Waals surface area contributed by atoms with Crippen LogP contribution in [0.3, 0.4) is 0 Å². The van der Waals surface area contributed by atoms with E-state index in [4.69, 9.17) is 4.52 Å². The lowest BCUT2D eigenvalue weighted by Gasteiger charge is -2.34. The average molecular weight is 464 g/mol. The molecule has 1 aromatic heterocycles. The van der Waals surface area contributed by atoms with E-state index < -0.39 is 4.92 Å². The molecular weight excluding hydrogens is 434 g/mol. The van der Waals surface area contributed by atoms with E-state index in [0.717, 1.165) is 43.4 Å². The van der Waals surface area contributed by atoms with Crippen LogP contribution in [0.4, 0.5) is 11.4 Å². The molecule has 1 amide bonds. The Morgan fingerprint density at radius 1 is 1.12 bits per heavy atom. The lowest BCUT2D eigenvalue weighted by molar-refractivity contribution is -0.384. The van der Waals surface area contributed by atoms with Crippen LogP contribution in [0.15, 0.2) is 53.1 Å². The number of rotatable bonds is 8. The fourth-order valence-corrected chi connectivity index (χ4v) is 4.36. The van der Waals surface area contributed by atoms with Crippen LogP contribution in [0.5, 0.6) is 0 Å². The second-order valence-corrected chi connectivity index (χ2v) is 8.80. The molecule has 178 valence electrons. The molecule has 1 saturated carbocycles. The Labute approximate surface area is 198 Å². The fourth-order valence-electron chi connectivity index (χ4n) is 4.36. The van der Waals surface area contributed by atoms with E-state index in [-0.39, 0.29) is 17.6 Å². The van der Waals surface area contributed by atoms with Gasteiger partial charge in [0.25, 0.3) is 11.6 Å². The number of hydrogen-bond donors (Lipinski definition) is 0. The zero-order chi connectivity index (χ0) is 24.1. The number of anilines is 1. The number of nitrogens with zero attached hydrogens (tertiary/aromatic N) is 5. The van der Waals surface area contributed by atoms with Crippen LogP contribution >= 0.6 is 0 Å². The summed E-state index contributed by atoms with van der Waals surface area (Å²) in [4.78, 5) is 32.5. The zero-order valence-corrected chi connectivity index (χ0v) is 19.5. The van der Waals surface area contributed by atoms with Crippen molar-refractivity contribution >= 4 is 17.3 Å². The summed E-state index contributed by atoms with van der Waals surface area (Å²) in [7, 11) is 3.96. The molecule has 0 aliphatic heterocycles. The van der Waals surface area contributed by atoms with Gasteiger partial charge in [-0.05, 0) is 43.2 Å². The zero-order valence-electron chi connectivity index (χ0n) is 19.5. The van der Waals surface area contributed by atoms with Crippen molar-refractivity contribution in [1.82, 2.24) is 15.0 Å². The minimum Gasteiger partial charge on any atom is -0.378 e. The number of nitro benzene ring substituents is 1. The number of benzene rings is 2. The summed E-state index contributed by atoms with van der Waals surface area (Å²) < 4.78 is 5.47. The molecule has 0 atom stereocenters. The SMILES string of the molecule is CN(C)c1ccc(-c2noc(CCN(C(=O)c3cccc([N+](=O)[O-])c3)C3CCCCC3)n2)cc1. The van der Waals surface area contributed by atoms with Crippen molar-refractivity contribution in [3.63, 3.8) is 0 Å². The first kappa shape index (κ1) is 23.4. The van der Waals surface area contributed by atoms with E-state index in [0.29, 0.717) is 30.2 Å². The van der Waals surface area contributed by atoms with Gasteiger partial charge in [0.05, 0.1) is 4.92 Å². The van der Waals surface area contributed by atoms with Gasteiger partial charge in [0, 0.05) is 62.0 Å². The lowest BCUT2D eigenvalue weighted by atomic mass is 9.93. The third kappa shape index (κ3) is 5.41. The van der Waals surface area contributed by atoms with Gasteiger partial charge in [-0.1, -0.05) is 30.5 Å². The van der Waals surface area contributed by atoms with Crippen LogP contribution in [0.25, 0.3) is 11.4 Å². The van der Waals surface area contributed by atoms with Crippen LogP contribution in [-0.2, 0) is 6.42 Å². The number of non-ortho nitro benzene ring substituents is 1. The Morgan fingerprint density at radius 3 is 2.53 bits per heavy atom. The van der Waals surface area contributed by atoms with Crippen LogP contribution < -0.4 is 4.90 Å². The summed E-state index contributed by atoms with van der Waals surface area (Å²) in [6, 6.07) is 13.9. The molecule has 3 aromatic rings. The van der Waals surface area contributed by atoms with Crippen molar-refractivity contribution in [2.45, 2.75) is 44.6 Å². The highest BCUT2D eigenvalue weighted by Gasteiger charge is 2.27. The monoisotopic (exact) mass is 463 g/mol. The molecule has 1 fully saturated rings. The Bertz CT molecular complexity index is 1140. The third-order valence-electron chi connectivity index (χ3n) is 6.26. The van der Waals surface area contributed by atoms with Gasteiger partial charge in [0.15, 0.2) is 0 Å². The van der Waals surface area contributed by atoms with E-state index >= 15 is 0 Å². The molecule has 34 heavy (non-hydrogen) atoms. The van der Waals surface area contributed by atoms with Gasteiger partial charge in [0.1, 0.15) is 0 Å². The van der Waals surface area contributed by atoms with Crippen molar-refractivity contribution < 1.29 is 14.2 Å². The number of carbonyl (C=O) groups is 1. The molecule has 2 aromatic carbocycles. The summed E-state index contributed by atoms with van der Waals surface area (Å²) in [5, 5.41) is 15.3. The largest absolute Gasteiger partial charge is 0.378 e. The maximum absolute atomic E-state index is 13.4. The number of aromatic nitrogens is 2. The molecule has 0 spiro atoms. The van der Waals surface area contributed by atoms with Crippen molar-refractivity contribution in [3.05, 3.63) is 70.1 Å². The topological polar surface area (TPSA) is 106 Å². The van der Waals surface area contributed by atoms with Crippen molar-refractivity contribution in [3.8, 4) is 11.4 Å². The van der Waals surface area contributed by atoms with E-state index in [1.165, 1.54) is 12.1 Å². The predicted octanol–water partition coefficient (Wildman–Crippen LogP) is 4.73. The number of hydrogen-bond acceptors (Lipinski definition) is 7. The Balaban J connectivity index is 1.49. The molecule has 1 aliphatic rings. The molecule has 0 saturated heterocycles. The second kappa shape index (κ2) is 10.5. The Morgan fingerprint density at radius 2 is 1.85 bits per heavy atom. The van der Waals surface area contributed by atoms with Crippen LogP contribution in [-0.4, -0.2) is 52.6 Å². The maximum Gasteiger partial charge on any atom is 0.270 e. The molecule has 1 aliphatic carbocycles. The fraction of sp³-hybridized carbons (Fsp3) is 0.400. The lowest BCUT2D eigenvalue weighted by Crippen LogP contribution is -2.42. The maximum atomic E-state index is 13.4. The molecule has 0 bridgehead atoms. The van der Waals surface area contributed by atoms with E-state index in [1.807, 2.05) is 48.2 Å². The predicted molar refractivity (Wildman–Crippen MR) is 129 cm³/mol. The molecule has 1 heterocycles. The molecule has 9 heteroatoms. The highest BCUT2D eigenvalue weighted by atomic mass is 16.6. The summed E-state index contributed by atoms with van der Waals surface area (Å²) in [5.74, 6) is 0.767. The van der Waals surface area contributed by atoms with Gasteiger partial charge >= 0.3 is 0 Å². The summed E-state index contributed by atoms with van der Waals surface area (Å²) in [6.45, 7) is 0.410. The minimum absolute atomic E-state index is 0.0868. The molecule has 0 radical (unpaired) electrons. The number of nitro groups is 1. The molecule has 0 N–H and O–H groups in total. The Hall–Kier alpha value is -3.75. The van der Waals surface area contributed by atoms with Crippen molar-refractivity contribution in [2.24, 2.45) is 0 Å². The minimum atomic E-state index is -0.479.